The van der Waals surface area contributed by atoms with Crippen molar-refractivity contribution in [1.29, 1.82) is 0 Å². The van der Waals surface area contributed by atoms with Crippen molar-refractivity contribution in [1.82, 2.24) is 4.90 Å². The van der Waals surface area contributed by atoms with Crippen LogP contribution in [0.4, 0.5) is 5.69 Å². The van der Waals surface area contributed by atoms with E-state index in [9.17, 15) is 4.79 Å². The summed E-state index contributed by atoms with van der Waals surface area (Å²) in [5.74, 6) is 0.0120. The molecule has 0 atom stereocenters. The van der Waals surface area contributed by atoms with Gasteiger partial charge in [-0.1, -0.05) is 19.1 Å². The van der Waals surface area contributed by atoms with Gasteiger partial charge >= 0.3 is 0 Å². The highest BCUT2D eigenvalue weighted by Gasteiger charge is 2.11. The highest BCUT2D eigenvalue weighted by molar-refractivity contribution is 9.10. The lowest BCUT2D eigenvalue weighted by atomic mass is 10.2. The molecule has 0 saturated carbocycles. The Balaban J connectivity index is 1.93. The average Bonchev–Trinajstić information content (AvgIpc) is 2.94. The number of benzene rings is 1. The number of thiophene rings is 1. The minimum Gasteiger partial charge on any atom is -0.324 e. The second-order valence-corrected chi connectivity index (χ2v) is 6.80. The van der Waals surface area contributed by atoms with E-state index in [1.807, 2.05) is 31.2 Å². The summed E-state index contributed by atoms with van der Waals surface area (Å²) >= 11 is 5.20. The predicted octanol–water partition coefficient (Wildman–Crippen LogP) is 4.28. The fraction of sp³-hybridized carbons (Fsp3) is 0.312. The zero-order chi connectivity index (χ0) is 15.2. The van der Waals surface area contributed by atoms with Crippen LogP contribution in [-0.2, 0) is 11.3 Å². The molecule has 0 saturated heterocycles. The molecule has 0 radical (unpaired) electrons. The average molecular weight is 367 g/mol. The fourth-order valence-corrected chi connectivity index (χ4v) is 3.36. The normalized spacial score (nSPS) is 10.9. The third-order valence-corrected chi connectivity index (χ3v) is 4.69. The number of carbonyl (C=O) groups excluding carboxylic acids is 1. The van der Waals surface area contributed by atoms with Crippen LogP contribution in [0.1, 0.15) is 17.4 Å². The van der Waals surface area contributed by atoms with E-state index in [0.717, 1.165) is 28.8 Å². The van der Waals surface area contributed by atoms with Gasteiger partial charge in [0, 0.05) is 15.9 Å². The first kappa shape index (κ1) is 16.2. The maximum absolute atomic E-state index is 12.2. The molecule has 0 spiro atoms. The molecule has 1 aromatic heterocycles. The Morgan fingerprint density at radius 3 is 2.81 bits per heavy atom. The summed E-state index contributed by atoms with van der Waals surface area (Å²) in [6.45, 7) is 6.16. The van der Waals surface area contributed by atoms with E-state index in [-0.39, 0.29) is 5.91 Å². The molecule has 112 valence electrons. The Bertz CT molecular complexity index is 598. The van der Waals surface area contributed by atoms with Crippen molar-refractivity contribution < 1.29 is 4.79 Å². The van der Waals surface area contributed by atoms with Crippen molar-refractivity contribution in [2.45, 2.75) is 20.4 Å². The van der Waals surface area contributed by atoms with Gasteiger partial charge in [0.25, 0.3) is 0 Å². The molecule has 1 aromatic carbocycles. The van der Waals surface area contributed by atoms with Gasteiger partial charge in [0.05, 0.1) is 12.2 Å². The third-order valence-electron chi connectivity index (χ3n) is 3.17. The number of halogens is 1. The molecule has 3 nitrogen and oxygen atoms in total. The standard InChI is InChI=1S/C16H19BrN2OS/c1-3-19(10-13-5-4-8-21-13)11-16(20)18-15-7-6-12(2)9-14(15)17/h4-9H,3,10-11H2,1-2H3,(H,18,20). The van der Waals surface area contributed by atoms with Crippen molar-refractivity contribution in [3.05, 3.63) is 50.6 Å². The lowest BCUT2D eigenvalue weighted by Crippen LogP contribution is -2.32. The molecule has 2 rings (SSSR count). The van der Waals surface area contributed by atoms with Crippen LogP contribution < -0.4 is 5.32 Å². The van der Waals surface area contributed by atoms with Gasteiger partial charge in [0.1, 0.15) is 0 Å². The lowest BCUT2D eigenvalue weighted by Gasteiger charge is -2.19. The smallest absolute Gasteiger partial charge is 0.238 e. The summed E-state index contributed by atoms with van der Waals surface area (Å²) in [6, 6.07) is 10.1. The summed E-state index contributed by atoms with van der Waals surface area (Å²) in [5, 5.41) is 5.02. The summed E-state index contributed by atoms with van der Waals surface area (Å²) in [5.41, 5.74) is 1.98. The van der Waals surface area contributed by atoms with E-state index in [1.54, 1.807) is 11.3 Å². The molecule has 21 heavy (non-hydrogen) atoms. The maximum Gasteiger partial charge on any atom is 0.238 e. The Kier molecular flexibility index (Phi) is 5.96. The first-order valence-corrected chi connectivity index (χ1v) is 8.56. The van der Waals surface area contributed by atoms with Gasteiger partial charge in [-0.25, -0.2) is 0 Å². The number of aryl methyl sites for hydroxylation is 1. The van der Waals surface area contributed by atoms with E-state index in [4.69, 9.17) is 0 Å². The molecule has 0 unspecified atom stereocenters. The van der Waals surface area contributed by atoms with Crippen LogP contribution in [0.3, 0.4) is 0 Å². The molecule has 0 fully saturated rings. The summed E-state index contributed by atoms with van der Waals surface area (Å²) < 4.78 is 0.914. The van der Waals surface area contributed by atoms with Crippen LogP contribution in [0.25, 0.3) is 0 Å². The van der Waals surface area contributed by atoms with E-state index in [0.29, 0.717) is 6.54 Å². The van der Waals surface area contributed by atoms with Gasteiger partial charge in [-0.15, -0.1) is 11.3 Å². The second kappa shape index (κ2) is 7.73. The largest absolute Gasteiger partial charge is 0.324 e. The van der Waals surface area contributed by atoms with Crippen LogP contribution in [-0.4, -0.2) is 23.9 Å². The number of hydrogen-bond acceptors (Lipinski definition) is 3. The number of nitrogens with one attached hydrogen (secondary N) is 1. The first-order valence-electron chi connectivity index (χ1n) is 6.89. The number of hydrogen-bond donors (Lipinski definition) is 1. The number of amides is 1. The van der Waals surface area contributed by atoms with Gasteiger partial charge < -0.3 is 5.32 Å². The van der Waals surface area contributed by atoms with Gasteiger partial charge in [0.15, 0.2) is 0 Å². The molecule has 0 aliphatic rings. The molecule has 1 N–H and O–H groups in total. The molecular weight excluding hydrogens is 348 g/mol. The predicted molar refractivity (Wildman–Crippen MR) is 92.8 cm³/mol. The van der Waals surface area contributed by atoms with E-state index >= 15 is 0 Å². The minimum atomic E-state index is 0.0120. The molecule has 0 aliphatic carbocycles. The van der Waals surface area contributed by atoms with E-state index < -0.39 is 0 Å². The Morgan fingerprint density at radius 1 is 1.38 bits per heavy atom. The van der Waals surface area contributed by atoms with Crippen LogP contribution in [0.5, 0.6) is 0 Å². The van der Waals surface area contributed by atoms with Crippen LogP contribution in [0.15, 0.2) is 40.2 Å². The number of likely N-dealkylation sites (N-methyl/N-ethyl adjacent to an activating group) is 1. The van der Waals surface area contributed by atoms with E-state index in [1.165, 1.54) is 4.88 Å². The van der Waals surface area contributed by atoms with Crippen LogP contribution in [0, 0.1) is 6.92 Å². The number of carbonyl (C=O) groups is 1. The Hall–Kier alpha value is -1.17. The van der Waals surface area contributed by atoms with Crippen LogP contribution >= 0.6 is 27.3 Å². The quantitative estimate of drug-likeness (QED) is 0.827. The Morgan fingerprint density at radius 2 is 2.19 bits per heavy atom. The minimum absolute atomic E-state index is 0.0120. The zero-order valence-corrected chi connectivity index (χ0v) is 14.6. The molecular formula is C16H19BrN2OS. The van der Waals surface area contributed by atoms with Gasteiger partial charge in [-0.05, 0) is 58.5 Å². The van der Waals surface area contributed by atoms with Crippen LogP contribution in [0.2, 0.25) is 0 Å². The van der Waals surface area contributed by atoms with Crippen molar-refractivity contribution in [2.75, 3.05) is 18.4 Å². The second-order valence-electron chi connectivity index (χ2n) is 4.91. The summed E-state index contributed by atoms with van der Waals surface area (Å²) in [4.78, 5) is 15.6. The molecule has 1 amide bonds. The van der Waals surface area contributed by atoms with Crippen molar-refractivity contribution in [3.8, 4) is 0 Å². The summed E-state index contributed by atoms with van der Waals surface area (Å²) in [7, 11) is 0. The maximum atomic E-state index is 12.2. The van der Waals surface area contributed by atoms with Crippen molar-refractivity contribution in [3.63, 3.8) is 0 Å². The number of rotatable bonds is 6. The van der Waals surface area contributed by atoms with Crippen molar-refractivity contribution in [2.24, 2.45) is 0 Å². The van der Waals surface area contributed by atoms with Crippen molar-refractivity contribution >= 4 is 38.9 Å². The number of anilines is 1. The highest BCUT2D eigenvalue weighted by atomic mass is 79.9. The van der Waals surface area contributed by atoms with E-state index in [2.05, 4.69) is 44.5 Å². The van der Waals surface area contributed by atoms with Gasteiger partial charge in [0.2, 0.25) is 5.91 Å². The SMILES string of the molecule is CCN(CC(=O)Nc1ccc(C)cc1Br)Cc1cccs1. The topological polar surface area (TPSA) is 32.3 Å². The number of nitrogens with zero attached hydrogens (tertiary/aromatic N) is 1. The fourth-order valence-electron chi connectivity index (χ4n) is 2.02. The van der Waals surface area contributed by atoms with Gasteiger partial charge in [-0.2, -0.15) is 0 Å². The molecule has 1 heterocycles. The molecule has 0 aliphatic heterocycles. The highest BCUT2D eigenvalue weighted by Crippen LogP contribution is 2.23. The summed E-state index contributed by atoms with van der Waals surface area (Å²) in [6.07, 6.45) is 0. The monoisotopic (exact) mass is 366 g/mol. The molecule has 2 aromatic rings. The Labute approximate surface area is 138 Å². The molecule has 0 bridgehead atoms. The third kappa shape index (κ3) is 4.95. The lowest BCUT2D eigenvalue weighted by molar-refractivity contribution is -0.117. The first-order chi connectivity index (χ1) is 10.1. The van der Waals surface area contributed by atoms with Gasteiger partial charge in [-0.3, -0.25) is 9.69 Å². The molecule has 5 heteroatoms. The zero-order valence-electron chi connectivity index (χ0n) is 12.2.